The predicted octanol–water partition coefficient (Wildman–Crippen LogP) is 1.68. The first kappa shape index (κ1) is 14.5. The highest BCUT2D eigenvalue weighted by Gasteiger charge is 2.22. The van der Waals surface area contributed by atoms with Crippen molar-refractivity contribution in [3.63, 3.8) is 0 Å². The number of hydrogen-bond donors (Lipinski definition) is 1. The summed E-state index contributed by atoms with van der Waals surface area (Å²) in [6.07, 6.45) is 3.41. The van der Waals surface area contributed by atoms with Gasteiger partial charge in [-0.2, -0.15) is 0 Å². The molecule has 0 bridgehead atoms. The molecule has 0 radical (unpaired) electrons. The molecule has 2 rings (SSSR count). The van der Waals surface area contributed by atoms with Gasteiger partial charge in [0.05, 0.1) is 19.3 Å². The number of rotatable bonds is 6. The Kier molecular flexibility index (Phi) is 5.82. The van der Waals surface area contributed by atoms with Crippen molar-refractivity contribution in [3.8, 4) is 0 Å². The molecule has 106 valence electrons. The number of aryl methyl sites for hydroxylation is 1. The number of likely N-dealkylation sites (tertiary alicyclic amines) is 1. The van der Waals surface area contributed by atoms with Crippen LogP contribution in [0.4, 0.5) is 0 Å². The fraction of sp³-hybridized carbons (Fsp3) is 0.643. The summed E-state index contributed by atoms with van der Waals surface area (Å²) in [6, 6.07) is 4.10. The normalized spacial score (nSPS) is 16.8. The van der Waals surface area contributed by atoms with Crippen LogP contribution in [0.3, 0.4) is 0 Å². The summed E-state index contributed by atoms with van der Waals surface area (Å²) < 4.78 is 5.49. The van der Waals surface area contributed by atoms with Gasteiger partial charge in [-0.15, -0.1) is 11.3 Å². The summed E-state index contributed by atoms with van der Waals surface area (Å²) in [5, 5.41) is 10.8. The quantitative estimate of drug-likeness (QED) is 0.864. The Labute approximate surface area is 118 Å². The first-order chi connectivity index (χ1) is 9.29. The Morgan fingerprint density at radius 2 is 2.26 bits per heavy atom. The number of aliphatic hydroxyl groups is 1. The largest absolute Gasteiger partial charge is 0.394 e. The molecule has 1 aliphatic heterocycles. The van der Waals surface area contributed by atoms with E-state index >= 15 is 0 Å². The molecule has 5 heteroatoms. The molecule has 1 aliphatic rings. The summed E-state index contributed by atoms with van der Waals surface area (Å²) in [7, 11) is 0. The van der Waals surface area contributed by atoms with Crippen molar-refractivity contribution in [2.24, 2.45) is 0 Å². The summed E-state index contributed by atoms with van der Waals surface area (Å²) >= 11 is 1.71. The van der Waals surface area contributed by atoms with E-state index in [1.54, 1.807) is 11.3 Å². The van der Waals surface area contributed by atoms with Crippen LogP contribution in [0.25, 0.3) is 0 Å². The van der Waals surface area contributed by atoms with Crippen LogP contribution in [-0.4, -0.2) is 48.3 Å². The third kappa shape index (κ3) is 4.60. The number of ether oxygens (including phenoxy) is 1. The zero-order chi connectivity index (χ0) is 13.5. The predicted molar refractivity (Wildman–Crippen MR) is 75.3 cm³/mol. The van der Waals surface area contributed by atoms with Gasteiger partial charge in [0.15, 0.2) is 0 Å². The maximum Gasteiger partial charge on any atom is 0.222 e. The lowest BCUT2D eigenvalue weighted by Crippen LogP contribution is -2.41. The second-order valence-corrected chi connectivity index (χ2v) is 5.79. The minimum atomic E-state index is 0.0694. The highest BCUT2D eigenvalue weighted by Crippen LogP contribution is 2.16. The van der Waals surface area contributed by atoms with Gasteiger partial charge in [0.1, 0.15) is 0 Å². The number of carbonyl (C=O) groups is 1. The molecule has 1 fully saturated rings. The smallest absolute Gasteiger partial charge is 0.222 e. The second-order valence-electron chi connectivity index (χ2n) is 4.75. The Bertz CT molecular complexity index is 372. The molecule has 1 saturated heterocycles. The van der Waals surface area contributed by atoms with Crippen LogP contribution in [0.2, 0.25) is 0 Å². The highest BCUT2D eigenvalue weighted by molar-refractivity contribution is 7.09. The molecule has 1 aromatic heterocycles. The molecular weight excluding hydrogens is 262 g/mol. The van der Waals surface area contributed by atoms with Gasteiger partial charge in [0, 0.05) is 24.4 Å². The number of thiophene rings is 1. The fourth-order valence-electron chi connectivity index (χ4n) is 2.33. The fourth-order valence-corrected chi connectivity index (χ4v) is 3.04. The molecule has 1 amide bonds. The van der Waals surface area contributed by atoms with Crippen molar-refractivity contribution in [2.45, 2.75) is 31.8 Å². The summed E-state index contributed by atoms with van der Waals surface area (Å²) in [4.78, 5) is 15.3. The van der Waals surface area contributed by atoms with Crippen LogP contribution in [0.1, 0.15) is 24.1 Å². The van der Waals surface area contributed by atoms with E-state index in [1.165, 1.54) is 4.88 Å². The first-order valence-electron chi connectivity index (χ1n) is 6.82. The SMILES string of the molecule is O=C(CCc1cccs1)N1CCC(OCCO)CC1. The van der Waals surface area contributed by atoms with E-state index in [2.05, 4.69) is 6.07 Å². The minimum absolute atomic E-state index is 0.0694. The molecular formula is C14H21NO3S. The monoisotopic (exact) mass is 283 g/mol. The zero-order valence-corrected chi connectivity index (χ0v) is 11.9. The molecule has 2 heterocycles. The third-order valence-electron chi connectivity index (χ3n) is 3.40. The van der Waals surface area contributed by atoms with Crippen LogP contribution < -0.4 is 0 Å². The van der Waals surface area contributed by atoms with Crippen LogP contribution in [-0.2, 0) is 16.0 Å². The number of piperidine rings is 1. The number of hydrogen-bond acceptors (Lipinski definition) is 4. The highest BCUT2D eigenvalue weighted by atomic mass is 32.1. The molecule has 1 aromatic rings. The van der Waals surface area contributed by atoms with E-state index in [9.17, 15) is 4.79 Å². The van der Waals surface area contributed by atoms with E-state index in [4.69, 9.17) is 9.84 Å². The van der Waals surface area contributed by atoms with Gasteiger partial charge in [-0.05, 0) is 30.7 Å². The topological polar surface area (TPSA) is 49.8 Å². The van der Waals surface area contributed by atoms with E-state index in [0.717, 1.165) is 32.4 Å². The molecule has 1 N–H and O–H groups in total. The summed E-state index contributed by atoms with van der Waals surface area (Å²) in [5.41, 5.74) is 0. The van der Waals surface area contributed by atoms with E-state index in [0.29, 0.717) is 13.0 Å². The van der Waals surface area contributed by atoms with Crippen LogP contribution >= 0.6 is 11.3 Å². The van der Waals surface area contributed by atoms with E-state index in [1.807, 2.05) is 16.3 Å². The number of nitrogens with zero attached hydrogens (tertiary/aromatic N) is 1. The van der Waals surface area contributed by atoms with Crippen LogP contribution in [0.15, 0.2) is 17.5 Å². The lowest BCUT2D eigenvalue weighted by molar-refractivity contribution is -0.133. The van der Waals surface area contributed by atoms with Gasteiger partial charge in [0.2, 0.25) is 5.91 Å². The molecule has 0 saturated carbocycles. The van der Waals surface area contributed by atoms with Crippen molar-refractivity contribution in [1.29, 1.82) is 0 Å². The molecule has 0 aliphatic carbocycles. The van der Waals surface area contributed by atoms with Gasteiger partial charge < -0.3 is 14.7 Å². The molecule has 0 atom stereocenters. The molecule has 4 nitrogen and oxygen atoms in total. The van der Waals surface area contributed by atoms with Gasteiger partial charge in [0.25, 0.3) is 0 Å². The Balaban J connectivity index is 1.67. The lowest BCUT2D eigenvalue weighted by Gasteiger charge is -2.32. The Morgan fingerprint density at radius 3 is 2.89 bits per heavy atom. The Morgan fingerprint density at radius 1 is 1.47 bits per heavy atom. The van der Waals surface area contributed by atoms with Crippen molar-refractivity contribution >= 4 is 17.2 Å². The van der Waals surface area contributed by atoms with Crippen LogP contribution in [0.5, 0.6) is 0 Å². The summed E-state index contributed by atoms with van der Waals surface area (Å²) in [5.74, 6) is 0.244. The maximum absolute atomic E-state index is 12.1. The first-order valence-corrected chi connectivity index (χ1v) is 7.70. The third-order valence-corrected chi connectivity index (χ3v) is 4.34. The van der Waals surface area contributed by atoms with Crippen molar-refractivity contribution < 1.29 is 14.6 Å². The maximum atomic E-state index is 12.1. The molecule has 19 heavy (non-hydrogen) atoms. The lowest BCUT2D eigenvalue weighted by atomic mass is 10.1. The standard InChI is InChI=1S/C14H21NO3S/c16-9-10-18-12-5-7-15(8-6-12)14(17)4-3-13-2-1-11-19-13/h1-2,11-12,16H,3-10H2. The van der Waals surface area contributed by atoms with E-state index in [-0.39, 0.29) is 18.6 Å². The minimum Gasteiger partial charge on any atom is -0.394 e. The van der Waals surface area contributed by atoms with Gasteiger partial charge in [-0.3, -0.25) is 4.79 Å². The van der Waals surface area contributed by atoms with Gasteiger partial charge in [-0.25, -0.2) is 0 Å². The molecule has 0 aromatic carbocycles. The van der Waals surface area contributed by atoms with E-state index < -0.39 is 0 Å². The van der Waals surface area contributed by atoms with Crippen molar-refractivity contribution in [1.82, 2.24) is 4.90 Å². The van der Waals surface area contributed by atoms with Crippen molar-refractivity contribution in [2.75, 3.05) is 26.3 Å². The number of aliphatic hydroxyl groups excluding tert-OH is 1. The van der Waals surface area contributed by atoms with Gasteiger partial charge in [-0.1, -0.05) is 6.07 Å². The molecule has 0 unspecified atom stereocenters. The second kappa shape index (κ2) is 7.62. The van der Waals surface area contributed by atoms with Crippen molar-refractivity contribution in [3.05, 3.63) is 22.4 Å². The number of carbonyl (C=O) groups excluding carboxylic acids is 1. The average molecular weight is 283 g/mol. The zero-order valence-electron chi connectivity index (χ0n) is 11.1. The van der Waals surface area contributed by atoms with Crippen LogP contribution in [0, 0.1) is 0 Å². The molecule has 0 spiro atoms. The summed E-state index contributed by atoms with van der Waals surface area (Å²) in [6.45, 7) is 2.02. The Hall–Kier alpha value is -0.910. The number of amides is 1. The average Bonchev–Trinajstić information content (AvgIpc) is 2.96. The van der Waals surface area contributed by atoms with Gasteiger partial charge >= 0.3 is 0 Å².